The summed E-state index contributed by atoms with van der Waals surface area (Å²) in [6.07, 6.45) is 0. The van der Waals surface area contributed by atoms with Gasteiger partial charge in [0.05, 0.1) is 0 Å². The van der Waals surface area contributed by atoms with Crippen LogP contribution in [-0.2, 0) is 0 Å². The van der Waals surface area contributed by atoms with E-state index in [9.17, 15) is 13.2 Å². The van der Waals surface area contributed by atoms with Gasteiger partial charge in [0.25, 0.3) is 0 Å². The van der Waals surface area contributed by atoms with Gasteiger partial charge in [-0.1, -0.05) is 0 Å². The van der Waals surface area contributed by atoms with Crippen molar-refractivity contribution in [1.29, 1.82) is 0 Å². The highest BCUT2D eigenvalue weighted by Gasteiger charge is 1.93. The minimum atomic E-state index is -3.08. The van der Waals surface area contributed by atoms with Crippen molar-refractivity contribution in [2.45, 2.75) is 0 Å². The Hall–Kier alpha value is -0.210. The third-order valence-electron chi connectivity index (χ3n) is 0. The highest BCUT2D eigenvalue weighted by atomic mass is 19.4. The van der Waals surface area contributed by atoms with Gasteiger partial charge in [-0.3, -0.25) is 0 Å². The van der Waals surface area contributed by atoms with Crippen molar-refractivity contribution < 1.29 is 14.6 Å². The molecule has 0 saturated carbocycles. The summed E-state index contributed by atoms with van der Waals surface area (Å²) in [7, 11) is 0. The normalized spacial score (nSPS) is 9.00. The Balaban J connectivity index is 0. The smallest absolute Gasteiger partial charge is 0.162 e. The van der Waals surface area contributed by atoms with Crippen LogP contribution in [0.1, 0.15) is 1.43 Å². The van der Waals surface area contributed by atoms with Crippen molar-refractivity contribution in [1.82, 2.24) is 0 Å². The minimum absolute atomic E-state index is 0. The van der Waals surface area contributed by atoms with E-state index in [0.717, 1.165) is 0 Å². The van der Waals surface area contributed by atoms with Gasteiger partial charge < -0.3 is 0 Å². The maximum absolute atomic E-state index is 9.58. The van der Waals surface area contributed by atoms with E-state index in [-0.39, 0.29) is 1.43 Å². The van der Waals surface area contributed by atoms with Crippen molar-refractivity contribution in [3.8, 4) is 0 Å². The zero-order valence-electron chi connectivity index (χ0n) is 2.63. The quantitative estimate of drug-likeness (QED) is 0.404. The van der Waals surface area contributed by atoms with E-state index in [1.54, 1.807) is 0 Å². The Morgan fingerprint density at radius 1 is 1.25 bits per heavy atom. The van der Waals surface area contributed by atoms with Gasteiger partial charge in [0.2, 0.25) is 0 Å². The zero-order valence-corrected chi connectivity index (χ0v) is 1.63. The second-order valence-corrected chi connectivity index (χ2v) is 0.214. The highest BCUT2D eigenvalue weighted by Crippen LogP contribution is 1.99. The van der Waals surface area contributed by atoms with Crippen LogP contribution in [0.4, 0.5) is 13.2 Å². The van der Waals surface area contributed by atoms with Gasteiger partial charge in [-0.05, 0) is 0 Å². The molecule has 1 radical (unpaired) electrons. The van der Waals surface area contributed by atoms with Gasteiger partial charge in [0.15, 0.2) is 0 Å². The molecule has 0 nitrogen and oxygen atoms in total. The van der Waals surface area contributed by atoms with E-state index in [2.05, 4.69) is 0 Å². The predicted octanol–water partition coefficient (Wildman–Crippen LogP) is 1.45. The van der Waals surface area contributed by atoms with Crippen LogP contribution in [0.25, 0.3) is 0 Å². The monoisotopic (exact) mass is 70.0 g/mol. The fourth-order valence-electron chi connectivity index (χ4n) is 0. The van der Waals surface area contributed by atoms with Crippen molar-refractivity contribution in [2.75, 3.05) is 0 Å². The van der Waals surface area contributed by atoms with Gasteiger partial charge in [-0.2, -0.15) is 13.2 Å². The zero-order chi connectivity index (χ0) is 3.58. The van der Waals surface area contributed by atoms with Crippen molar-refractivity contribution in [3.63, 3.8) is 0 Å². The molecule has 0 atom stereocenters. The first-order valence-corrected chi connectivity index (χ1v) is 0.567. The minimum Gasteiger partial charge on any atom is -0.162 e. The lowest BCUT2D eigenvalue weighted by Crippen LogP contribution is -1.49. The molecule has 0 amide bonds. The molecule has 0 aromatic rings. The number of hydrogen-bond acceptors (Lipinski definition) is 0. The summed E-state index contributed by atoms with van der Waals surface area (Å²) < 4.78 is 28.8. The maximum Gasteiger partial charge on any atom is 1.00 e. The molecule has 0 N–H and O–H groups in total. The standard InChI is InChI=1S/CF3/c2-1(3)4/p+1. The summed E-state index contributed by atoms with van der Waals surface area (Å²) in [5.41, 5.74) is 0. The molecule has 0 aliphatic rings. The van der Waals surface area contributed by atoms with Crippen LogP contribution in [-0.4, -0.2) is 0 Å². The molecule has 0 aromatic carbocycles. The second-order valence-electron chi connectivity index (χ2n) is 0.214. The Kier molecular flexibility index (Phi) is 1.09. The summed E-state index contributed by atoms with van der Waals surface area (Å²) in [6, 6.07) is 0. The SMILES string of the molecule is F[C](F)F.[H+]. The molecule has 0 rings (SSSR count). The molecule has 0 aliphatic carbocycles. The summed E-state index contributed by atoms with van der Waals surface area (Å²) in [5.74, 6) is 0. The van der Waals surface area contributed by atoms with E-state index in [4.69, 9.17) is 0 Å². The lowest BCUT2D eigenvalue weighted by Gasteiger charge is -1.60. The number of hydrogen-bond donors (Lipinski definition) is 0. The summed E-state index contributed by atoms with van der Waals surface area (Å²) in [5, 5.41) is 0. The van der Waals surface area contributed by atoms with E-state index < -0.39 is 6.68 Å². The van der Waals surface area contributed by atoms with E-state index in [1.165, 1.54) is 0 Å². The lowest BCUT2D eigenvalue weighted by atomic mass is 11.6. The van der Waals surface area contributed by atoms with Crippen LogP contribution >= 0.6 is 0 Å². The van der Waals surface area contributed by atoms with E-state index >= 15 is 0 Å². The van der Waals surface area contributed by atoms with Gasteiger partial charge in [-0.15, -0.1) is 0 Å². The van der Waals surface area contributed by atoms with Crippen molar-refractivity contribution >= 4 is 0 Å². The molecule has 0 aliphatic heterocycles. The maximum atomic E-state index is 9.58. The molecular weight excluding hydrogens is 69.0 g/mol. The summed E-state index contributed by atoms with van der Waals surface area (Å²) in [6.45, 7) is -3.08. The van der Waals surface area contributed by atoms with Gasteiger partial charge in [-0.25, -0.2) is 0 Å². The van der Waals surface area contributed by atoms with Gasteiger partial charge in [0, 0.05) is 0 Å². The summed E-state index contributed by atoms with van der Waals surface area (Å²) >= 11 is 0. The molecule has 4 heavy (non-hydrogen) atoms. The molecule has 0 saturated heterocycles. The van der Waals surface area contributed by atoms with Crippen molar-refractivity contribution in [2.24, 2.45) is 0 Å². The third-order valence-corrected chi connectivity index (χ3v) is 0. The average Bonchev–Trinajstić information content (AvgIpc) is 0.811. The largest absolute Gasteiger partial charge is 1.00 e. The Labute approximate surface area is 22.7 Å². The van der Waals surface area contributed by atoms with E-state index in [1.807, 2.05) is 0 Å². The lowest BCUT2D eigenvalue weighted by molar-refractivity contribution is 0.142. The summed E-state index contributed by atoms with van der Waals surface area (Å²) in [4.78, 5) is 0. The first-order valence-electron chi connectivity index (χ1n) is 0.567. The average molecular weight is 70.0 g/mol. The third kappa shape index (κ3) is 25.3. The molecule has 0 unspecified atom stereocenters. The molecule has 25 valence electrons. The number of rotatable bonds is 0. The number of halogens is 3. The Morgan fingerprint density at radius 3 is 1.25 bits per heavy atom. The molecule has 0 heterocycles. The predicted molar refractivity (Wildman–Crippen MR) is 7.68 cm³/mol. The fourth-order valence-corrected chi connectivity index (χ4v) is 0. The van der Waals surface area contributed by atoms with Crippen LogP contribution in [0.3, 0.4) is 0 Å². The highest BCUT2D eigenvalue weighted by molar-refractivity contribution is 4.21. The van der Waals surface area contributed by atoms with Crippen LogP contribution in [0, 0.1) is 6.68 Å². The molecule has 3 heteroatoms. The second kappa shape index (κ2) is 1.15. The van der Waals surface area contributed by atoms with Crippen LogP contribution in [0.15, 0.2) is 0 Å². The molecule has 0 fully saturated rings. The first-order chi connectivity index (χ1) is 1.73. The molecule has 0 aromatic heterocycles. The molecular formula is CHF3+. The van der Waals surface area contributed by atoms with Crippen LogP contribution in [0.2, 0.25) is 0 Å². The Bertz CT molecular complexity index is 11.6. The topological polar surface area (TPSA) is 0 Å². The molecule has 0 bridgehead atoms. The van der Waals surface area contributed by atoms with Crippen molar-refractivity contribution in [3.05, 3.63) is 6.68 Å². The fraction of sp³-hybridized carbons (Fsp3) is 0. The van der Waals surface area contributed by atoms with E-state index in [0.29, 0.717) is 0 Å². The van der Waals surface area contributed by atoms with Crippen LogP contribution in [0.5, 0.6) is 0 Å². The van der Waals surface area contributed by atoms with Crippen LogP contribution < -0.4 is 0 Å². The molecule has 0 spiro atoms. The first kappa shape index (κ1) is 3.79. The van der Waals surface area contributed by atoms with Gasteiger partial charge in [0.1, 0.15) is 0 Å². The Morgan fingerprint density at radius 2 is 1.25 bits per heavy atom. The van der Waals surface area contributed by atoms with Gasteiger partial charge >= 0.3 is 8.11 Å².